The van der Waals surface area contributed by atoms with Crippen molar-refractivity contribution in [3.8, 4) is 0 Å². The normalized spacial score (nSPS) is 11.9. The van der Waals surface area contributed by atoms with Crippen molar-refractivity contribution >= 4 is 11.6 Å². The molecular weight excluding hydrogens is 262 g/mol. The van der Waals surface area contributed by atoms with E-state index >= 15 is 0 Å². The van der Waals surface area contributed by atoms with Crippen LogP contribution in [-0.2, 0) is 4.79 Å². The Morgan fingerprint density at radius 3 is 2.45 bits per heavy atom. The van der Waals surface area contributed by atoms with E-state index in [4.69, 9.17) is 5.73 Å². The van der Waals surface area contributed by atoms with Crippen LogP contribution in [0.4, 0.5) is 14.5 Å². The molecule has 20 heavy (non-hydrogen) atoms. The molecule has 5 heteroatoms. The average molecular weight is 276 g/mol. The van der Waals surface area contributed by atoms with Crippen molar-refractivity contribution in [1.29, 1.82) is 0 Å². The number of anilines is 1. The Kier molecular flexibility index (Phi) is 4.42. The van der Waals surface area contributed by atoms with Crippen LogP contribution in [0.2, 0.25) is 0 Å². The smallest absolute Gasteiger partial charge is 0.233 e. The van der Waals surface area contributed by atoms with Crippen LogP contribution in [0.5, 0.6) is 0 Å². The number of nitrogens with one attached hydrogen (secondary N) is 1. The van der Waals surface area contributed by atoms with E-state index in [9.17, 15) is 13.6 Å². The maximum absolute atomic E-state index is 13.5. The molecule has 0 saturated heterocycles. The summed E-state index contributed by atoms with van der Waals surface area (Å²) in [5.74, 6) is -3.17. The van der Waals surface area contributed by atoms with E-state index in [-0.39, 0.29) is 12.2 Å². The number of hydrogen-bond donors (Lipinski definition) is 2. The van der Waals surface area contributed by atoms with E-state index in [0.717, 1.165) is 11.6 Å². The minimum Gasteiger partial charge on any atom is -0.329 e. The Hall–Kier alpha value is -2.27. The van der Waals surface area contributed by atoms with E-state index in [2.05, 4.69) is 5.32 Å². The van der Waals surface area contributed by atoms with Crippen LogP contribution in [0.1, 0.15) is 11.5 Å². The first kappa shape index (κ1) is 14.1. The fourth-order valence-electron chi connectivity index (χ4n) is 1.90. The molecule has 0 spiro atoms. The number of hydrogen-bond acceptors (Lipinski definition) is 2. The molecule has 3 nitrogen and oxygen atoms in total. The summed E-state index contributed by atoms with van der Waals surface area (Å²) in [4.78, 5) is 12.1. The minimum atomic E-state index is -1.08. The molecule has 0 aromatic heterocycles. The largest absolute Gasteiger partial charge is 0.329 e. The second-order valence-corrected chi connectivity index (χ2v) is 4.29. The first-order valence-electron chi connectivity index (χ1n) is 6.13. The third kappa shape index (κ3) is 3.00. The fraction of sp³-hybridized carbons (Fsp3) is 0.133. The number of benzene rings is 2. The maximum atomic E-state index is 13.5. The van der Waals surface area contributed by atoms with E-state index in [1.807, 2.05) is 6.07 Å². The zero-order valence-corrected chi connectivity index (χ0v) is 10.6. The molecule has 1 atom stereocenters. The van der Waals surface area contributed by atoms with Gasteiger partial charge < -0.3 is 11.1 Å². The monoisotopic (exact) mass is 276 g/mol. The lowest BCUT2D eigenvalue weighted by molar-refractivity contribution is -0.117. The lowest BCUT2D eigenvalue weighted by atomic mass is 9.98. The van der Waals surface area contributed by atoms with Gasteiger partial charge in [-0.3, -0.25) is 4.79 Å². The number of halogens is 2. The van der Waals surface area contributed by atoms with Gasteiger partial charge in [-0.25, -0.2) is 8.78 Å². The lowest BCUT2D eigenvalue weighted by Gasteiger charge is -2.15. The van der Waals surface area contributed by atoms with Crippen LogP contribution in [0, 0.1) is 11.6 Å². The zero-order valence-electron chi connectivity index (χ0n) is 10.6. The van der Waals surface area contributed by atoms with Gasteiger partial charge in [0, 0.05) is 6.54 Å². The Labute approximate surface area is 115 Å². The van der Waals surface area contributed by atoms with Gasteiger partial charge in [0.1, 0.15) is 0 Å². The molecule has 104 valence electrons. The van der Waals surface area contributed by atoms with Crippen molar-refractivity contribution in [2.24, 2.45) is 5.73 Å². The summed E-state index contributed by atoms with van der Waals surface area (Å²) in [7, 11) is 0. The topological polar surface area (TPSA) is 55.1 Å². The number of rotatable bonds is 4. The number of nitrogens with two attached hydrogens (primary N) is 1. The van der Waals surface area contributed by atoms with Crippen LogP contribution < -0.4 is 11.1 Å². The second-order valence-electron chi connectivity index (χ2n) is 4.29. The van der Waals surface area contributed by atoms with Crippen LogP contribution in [0.15, 0.2) is 48.5 Å². The number of carbonyl (C=O) groups is 1. The zero-order chi connectivity index (χ0) is 14.5. The molecule has 0 aliphatic heterocycles. The van der Waals surface area contributed by atoms with Gasteiger partial charge in [-0.2, -0.15) is 0 Å². The molecule has 2 aromatic rings. The molecule has 0 saturated carbocycles. The van der Waals surface area contributed by atoms with Crippen molar-refractivity contribution in [2.75, 3.05) is 11.9 Å². The first-order chi connectivity index (χ1) is 9.63. The molecule has 1 unspecified atom stereocenters. The van der Waals surface area contributed by atoms with Gasteiger partial charge in [0.05, 0.1) is 11.6 Å². The summed E-state index contributed by atoms with van der Waals surface area (Å²) >= 11 is 0. The minimum absolute atomic E-state index is 0.0762. The molecule has 0 bridgehead atoms. The molecule has 0 aliphatic rings. The molecule has 0 fully saturated rings. The van der Waals surface area contributed by atoms with Crippen molar-refractivity contribution < 1.29 is 13.6 Å². The lowest BCUT2D eigenvalue weighted by Crippen LogP contribution is -2.27. The molecular formula is C15H14F2N2O. The average Bonchev–Trinajstić information content (AvgIpc) is 2.46. The van der Waals surface area contributed by atoms with Gasteiger partial charge >= 0.3 is 0 Å². The quantitative estimate of drug-likeness (QED) is 0.902. The van der Waals surface area contributed by atoms with E-state index in [1.165, 1.54) is 12.1 Å². The summed E-state index contributed by atoms with van der Waals surface area (Å²) in [5.41, 5.74) is 6.13. The predicted molar refractivity (Wildman–Crippen MR) is 73.2 cm³/mol. The molecule has 0 aliphatic carbocycles. The summed E-state index contributed by atoms with van der Waals surface area (Å²) in [5, 5.41) is 2.37. The standard InChI is InChI=1S/C15H14F2N2O/c16-12-7-4-8-13(14(12)17)19-15(20)11(9-18)10-5-2-1-3-6-10/h1-8,11H,9,18H2,(H,19,20). The third-order valence-corrected chi connectivity index (χ3v) is 2.96. The van der Waals surface area contributed by atoms with Crippen LogP contribution >= 0.6 is 0 Å². The molecule has 0 radical (unpaired) electrons. The van der Waals surface area contributed by atoms with Gasteiger partial charge in [0.15, 0.2) is 11.6 Å². The van der Waals surface area contributed by atoms with Gasteiger partial charge in [-0.05, 0) is 17.7 Å². The van der Waals surface area contributed by atoms with E-state index in [0.29, 0.717) is 0 Å². The maximum Gasteiger partial charge on any atom is 0.233 e. The molecule has 2 rings (SSSR count). The highest BCUT2D eigenvalue weighted by molar-refractivity contribution is 5.96. The highest BCUT2D eigenvalue weighted by atomic mass is 19.2. The van der Waals surface area contributed by atoms with Crippen LogP contribution in [-0.4, -0.2) is 12.5 Å². The molecule has 3 N–H and O–H groups in total. The molecule has 0 heterocycles. The van der Waals surface area contributed by atoms with Crippen LogP contribution in [0.3, 0.4) is 0 Å². The second kappa shape index (κ2) is 6.25. The van der Waals surface area contributed by atoms with Crippen molar-refractivity contribution in [3.05, 3.63) is 65.7 Å². The number of carbonyl (C=O) groups excluding carboxylic acids is 1. The van der Waals surface area contributed by atoms with Crippen molar-refractivity contribution in [3.63, 3.8) is 0 Å². The van der Waals surface area contributed by atoms with Gasteiger partial charge in [0.25, 0.3) is 0 Å². The first-order valence-corrected chi connectivity index (χ1v) is 6.13. The molecule has 1 amide bonds. The van der Waals surface area contributed by atoms with E-state index < -0.39 is 23.5 Å². The Bertz CT molecular complexity index is 602. The third-order valence-electron chi connectivity index (χ3n) is 2.96. The summed E-state index contributed by atoms with van der Waals surface area (Å²) in [6.45, 7) is 0.0762. The summed E-state index contributed by atoms with van der Waals surface area (Å²) < 4.78 is 26.6. The number of amides is 1. The van der Waals surface area contributed by atoms with Crippen molar-refractivity contribution in [1.82, 2.24) is 0 Å². The summed E-state index contributed by atoms with van der Waals surface area (Å²) in [6, 6.07) is 12.5. The highest BCUT2D eigenvalue weighted by Gasteiger charge is 2.20. The SMILES string of the molecule is NCC(C(=O)Nc1cccc(F)c1F)c1ccccc1. The Balaban J connectivity index is 2.20. The van der Waals surface area contributed by atoms with Gasteiger partial charge in [-0.1, -0.05) is 36.4 Å². The van der Waals surface area contributed by atoms with E-state index in [1.54, 1.807) is 24.3 Å². The van der Waals surface area contributed by atoms with Gasteiger partial charge in [0.2, 0.25) is 5.91 Å². The Morgan fingerprint density at radius 2 is 1.80 bits per heavy atom. The Morgan fingerprint density at radius 1 is 1.10 bits per heavy atom. The fourth-order valence-corrected chi connectivity index (χ4v) is 1.90. The molecule has 2 aromatic carbocycles. The highest BCUT2D eigenvalue weighted by Crippen LogP contribution is 2.20. The predicted octanol–water partition coefficient (Wildman–Crippen LogP) is 2.65. The van der Waals surface area contributed by atoms with Crippen molar-refractivity contribution in [2.45, 2.75) is 5.92 Å². The van der Waals surface area contributed by atoms with Gasteiger partial charge in [-0.15, -0.1) is 0 Å². The van der Waals surface area contributed by atoms with Crippen LogP contribution in [0.25, 0.3) is 0 Å². The summed E-state index contributed by atoms with van der Waals surface area (Å²) in [6.07, 6.45) is 0.